The van der Waals surface area contributed by atoms with E-state index in [9.17, 15) is 53.1 Å². The van der Waals surface area contributed by atoms with Crippen molar-refractivity contribution in [1.29, 1.82) is 0 Å². The predicted molar refractivity (Wildman–Crippen MR) is 320 cm³/mol. The Labute approximate surface area is 523 Å². The van der Waals surface area contributed by atoms with Crippen LogP contribution in [0.3, 0.4) is 0 Å². The lowest BCUT2D eigenvalue weighted by molar-refractivity contribution is -0.377. The Bertz CT molecular complexity index is 3160. The molecule has 492 valence electrons. The van der Waals surface area contributed by atoms with E-state index in [1.165, 1.54) is 45.2 Å². The van der Waals surface area contributed by atoms with E-state index in [0.717, 1.165) is 29.7 Å². The van der Waals surface area contributed by atoms with Crippen molar-refractivity contribution in [2.24, 2.45) is 23.5 Å². The number of amides is 10. The number of aliphatic hydroxyl groups is 1. The van der Waals surface area contributed by atoms with Crippen LogP contribution in [0.25, 0.3) is 0 Å². The molecule has 0 radical (unpaired) electrons. The summed E-state index contributed by atoms with van der Waals surface area (Å²) in [6.45, 7) is 9.63. The van der Waals surface area contributed by atoms with Crippen molar-refractivity contribution in [3.8, 4) is 5.75 Å². The number of hydrogen-bond donors (Lipinski definition) is 7. The van der Waals surface area contributed by atoms with Gasteiger partial charge in [0.05, 0.1) is 36.4 Å². The molecule has 2 saturated heterocycles. The van der Waals surface area contributed by atoms with Crippen LogP contribution in [0.4, 0.5) is 34.1 Å². The van der Waals surface area contributed by atoms with E-state index in [0.29, 0.717) is 42.2 Å². The number of benzene rings is 2. The second kappa shape index (κ2) is 30.2. The number of nitrogens with one attached hydrogen (secondary N) is 5. The molecule has 5 aliphatic heterocycles. The molecule has 0 spiro atoms. The molecule has 6 bridgehead atoms. The number of hydrogen-bond acceptors (Lipinski definition) is 16. The van der Waals surface area contributed by atoms with Gasteiger partial charge in [0, 0.05) is 76.8 Å². The van der Waals surface area contributed by atoms with E-state index in [1.54, 1.807) is 58.1 Å². The number of nitrogens with zero attached hydrogens (tertiary/aromatic N) is 3. The van der Waals surface area contributed by atoms with Gasteiger partial charge >= 0.3 is 24.3 Å². The first-order valence-corrected chi connectivity index (χ1v) is 29.7. The molecular weight excluding hydrogens is 1210 g/mol. The van der Waals surface area contributed by atoms with Crippen LogP contribution >= 0.6 is 11.6 Å². The number of alkyl halides is 3. The number of urea groups is 1. The van der Waals surface area contributed by atoms with Gasteiger partial charge in [0.1, 0.15) is 41.1 Å². The predicted octanol–water partition coefficient (Wildman–Crippen LogP) is 5.55. The smallest absolute Gasteiger partial charge is 0.417 e. The van der Waals surface area contributed by atoms with Crippen molar-refractivity contribution in [2.75, 3.05) is 51.6 Å². The highest BCUT2D eigenvalue weighted by Gasteiger charge is 2.62. The number of fused-ring (bicyclic) bond motifs is 5. The number of unbranched alkanes of at least 4 members (excludes halogenated alkanes) is 2. The van der Waals surface area contributed by atoms with E-state index in [1.807, 2.05) is 6.92 Å². The second-order valence-electron chi connectivity index (χ2n) is 23.2. The molecule has 10 atom stereocenters. The first kappa shape index (κ1) is 71.0. The van der Waals surface area contributed by atoms with Gasteiger partial charge < -0.3 is 65.6 Å². The number of ether oxygens (including phenoxy) is 5. The number of imide groups is 1. The fourth-order valence-electron chi connectivity index (χ4n) is 11.0. The first-order chi connectivity index (χ1) is 42.2. The summed E-state index contributed by atoms with van der Waals surface area (Å²) in [6.07, 6.45) is -1.47. The number of primary amides is 1. The first-order valence-electron chi connectivity index (χ1n) is 29.3. The largest absolute Gasteiger partial charge is 0.495 e. The number of esters is 1. The van der Waals surface area contributed by atoms with E-state index < -0.39 is 155 Å². The second-order valence-corrected chi connectivity index (χ2v) is 23.6. The van der Waals surface area contributed by atoms with Crippen molar-refractivity contribution < 1.29 is 89.9 Å². The number of nitrogens with two attached hydrogens (primary N) is 1. The lowest BCUT2D eigenvalue weighted by atomic mass is 9.75. The molecule has 7 rings (SSSR count). The Kier molecular flexibility index (Phi) is 23.8. The molecule has 10 amide bonds. The van der Waals surface area contributed by atoms with Crippen molar-refractivity contribution in [3.05, 3.63) is 88.0 Å². The van der Waals surface area contributed by atoms with Crippen LogP contribution in [0.2, 0.25) is 5.02 Å². The van der Waals surface area contributed by atoms with Crippen molar-refractivity contribution in [3.63, 3.8) is 0 Å². The molecule has 29 heteroatoms. The van der Waals surface area contributed by atoms with Gasteiger partial charge in [-0.15, -0.1) is 0 Å². The lowest BCUT2D eigenvalue weighted by Gasteiger charge is -2.55. The summed E-state index contributed by atoms with van der Waals surface area (Å²) < 4.78 is 74.8. The maximum atomic E-state index is 15.1. The van der Waals surface area contributed by atoms with Crippen LogP contribution in [0.15, 0.2) is 66.3 Å². The van der Waals surface area contributed by atoms with E-state index >= 15 is 13.2 Å². The minimum Gasteiger partial charge on any atom is -0.495 e. The molecule has 2 fully saturated rings. The SMILES string of the molecule is COc1cc2cc(c1Cl)N(C)C(=O)C[C@@]1(OC(=O)[C@H](C)N(C)C(=O)c3ccc(NC(=O)[C@H](CCCNC(N)=O)NC(=O)[C@@H](NC(=O)CCCCCN4C(=O)C=CC4=O)C(C)C)cc3C(F)(F)F)O[C@@H]([C@H](C)[C@@H]3C[C@@](O)(NC(=O)O3)[C@H](OC)/C=C/C=C(\C)C2)[C@@H]1C. The van der Waals surface area contributed by atoms with Crippen LogP contribution in [0.5, 0.6) is 5.75 Å². The fraction of sp³-hybridized carbons (Fsp3) is 0.541. The highest BCUT2D eigenvalue weighted by atomic mass is 35.5. The molecule has 25 nitrogen and oxygen atoms in total. The average Bonchev–Trinajstić information content (AvgIpc) is 0.803. The zero-order chi connectivity index (χ0) is 66.7. The quantitative estimate of drug-likeness (QED) is 0.0432. The molecule has 0 aromatic heterocycles. The molecular formula is C61H79ClF3N9O16. The molecule has 0 saturated carbocycles. The number of anilines is 2. The summed E-state index contributed by atoms with van der Waals surface area (Å²) in [5, 5.41) is 24.3. The summed E-state index contributed by atoms with van der Waals surface area (Å²) in [4.78, 5) is 135. The van der Waals surface area contributed by atoms with Gasteiger partial charge in [-0.2, -0.15) is 13.2 Å². The van der Waals surface area contributed by atoms with Crippen molar-refractivity contribution in [2.45, 2.75) is 153 Å². The Morgan fingerprint density at radius 2 is 1.66 bits per heavy atom. The maximum absolute atomic E-state index is 15.1. The van der Waals surface area contributed by atoms with Gasteiger partial charge in [-0.25, -0.2) is 14.4 Å². The molecule has 90 heavy (non-hydrogen) atoms. The number of likely N-dealkylation sites (N-methyl/N-ethyl adjacent to an activating group) is 1. The molecule has 2 aromatic carbocycles. The highest BCUT2D eigenvalue weighted by molar-refractivity contribution is 6.35. The Balaban J connectivity index is 1.21. The van der Waals surface area contributed by atoms with Crippen LogP contribution in [-0.4, -0.2) is 164 Å². The van der Waals surface area contributed by atoms with Gasteiger partial charge in [-0.3, -0.25) is 43.8 Å². The van der Waals surface area contributed by atoms with Crippen LogP contribution in [-0.2, 0) is 65.1 Å². The van der Waals surface area contributed by atoms with Crippen molar-refractivity contribution in [1.82, 2.24) is 31.1 Å². The highest BCUT2D eigenvalue weighted by Crippen LogP contribution is 2.49. The molecule has 5 heterocycles. The summed E-state index contributed by atoms with van der Waals surface area (Å²) >= 11 is 6.81. The molecule has 5 aliphatic rings. The number of alkyl carbamates (subject to hydrolysis) is 1. The fourth-order valence-corrected chi connectivity index (χ4v) is 11.3. The van der Waals surface area contributed by atoms with E-state index in [4.69, 9.17) is 41.0 Å². The van der Waals surface area contributed by atoms with Gasteiger partial charge in [-0.1, -0.05) is 69.5 Å². The van der Waals surface area contributed by atoms with Gasteiger partial charge in [-0.05, 0) is 87.8 Å². The molecule has 0 unspecified atom stereocenters. The summed E-state index contributed by atoms with van der Waals surface area (Å²) in [7, 11) is 5.23. The Hall–Kier alpha value is -8.08. The zero-order valence-corrected chi connectivity index (χ0v) is 52.5. The lowest BCUT2D eigenvalue weighted by Crippen LogP contribution is -2.68. The van der Waals surface area contributed by atoms with Gasteiger partial charge in [0.15, 0.2) is 5.72 Å². The molecule has 2 aromatic rings. The topological polar surface area (TPSA) is 333 Å². The van der Waals surface area contributed by atoms with Crippen LogP contribution < -0.4 is 42.0 Å². The summed E-state index contributed by atoms with van der Waals surface area (Å²) in [6, 6.07) is 0.396. The third kappa shape index (κ3) is 17.2. The minimum atomic E-state index is -5.26. The van der Waals surface area contributed by atoms with Crippen LogP contribution in [0.1, 0.15) is 114 Å². The monoisotopic (exact) mass is 1290 g/mol. The number of allylic oxidation sites excluding steroid dienone is 3. The third-order valence-electron chi connectivity index (χ3n) is 16.4. The third-order valence-corrected chi connectivity index (χ3v) is 16.8. The van der Waals surface area contributed by atoms with E-state index in [-0.39, 0.29) is 55.2 Å². The number of carbonyl (C=O) groups excluding carboxylic acids is 10. The number of carbonyl (C=O) groups is 10. The molecule has 8 N–H and O–H groups in total. The standard InChI is InChI=1S/C61H79ClF3N9O16/c1-32(2)51(70-46(75)19-12-11-13-25-74-47(76)22-23-48(74)77)54(80)69-41(17-15-24-67-57(66)83)53(79)68-38-20-21-39(40(29-38)61(63,64)65)55(81)72(7)36(6)56(82)90-60-31-49(78)73(8)42-27-37(28-43(86-9)50(42)62)26-33(3)16-14-18-45(87-10)59(85)30-44(88-58(84)71-59)34(4)52(89-60)35(60)5/h14,16,18,20-23,27-29,32,34-36,41,44-45,51-52,85H,11-13,15,17,19,24-26,30-31H2,1-10H3,(H,68,79)(H,69,80)(H,70,75)(H,71,84)(H3,66,67,83)/b18-14+,33-16+/t34-,35+,36+,41+,44+,45-,51+,52+,59+,60+/m1/s1. The zero-order valence-electron chi connectivity index (χ0n) is 51.7. The normalized spacial score (nSPS) is 24.7. The van der Waals surface area contributed by atoms with E-state index in [2.05, 4.69) is 26.6 Å². The number of methoxy groups -OCH3 is 2. The van der Waals surface area contributed by atoms with Crippen molar-refractivity contribution >= 4 is 82.4 Å². The Morgan fingerprint density at radius 3 is 2.28 bits per heavy atom. The Morgan fingerprint density at radius 1 is 0.967 bits per heavy atom. The average molecular weight is 1290 g/mol. The summed E-state index contributed by atoms with van der Waals surface area (Å²) in [5.74, 6) is -10.5. The molecule has 0 aliphatic carbocycles. The minimum absolute atomic E-state index is 0.0288. The number of halogens is 4. The maximum Gasteiger partial charge on any atom is 0.417 e. The van der Waals surface area contributed by atoms with Gasteiger partial charge in [0.25, 0.3) is 17.7 Å². The van der Waals surface area contributed by atoms with Crippen LogP contribution in [0, 0.1) is 17.8 Å². The van der Waals surface area contributed by atoms with Gasteiger partial charge in [0.2, 0.25) is 29.4 Å². The number of rotatable bonds is 22. The summed E-state index contributed by atoms with van der Waals surface area (Å²) in [5.41, 5.74) is 1.93.